The Balaban J connectivity index is 3.62. The van der Waals surface area contributed by atoms with Crippen molar-refractivity contribution in [2.24, 2.45) is 5.92 Å². The van der Waals surface area contributed by atoms with Gasteiger partial charge in [0, 0.05) is 11.9 Å². The van der Waals surface area contributed by atoms with Crippen LogP contribution in [0.3, 0.4) is 0 Å². The van der Waals surface area contributed by atoms with Crippen LogP contribution >= 0.6 is 11.6 Å². The van der Waals surface area contributed by atoms with Crippen LogP contribution in [-0.4, -0.2) is 29.9 Å². The predicted molar refractivity (Wildman–Crippen MR) is 66.1 cm³/mol. The first kappa shape index (κ1) is 14.2. The molecule has 86 valence electrons. The first-order chi connectivity index (χ1) is 6.57. The maximum absolute atomic E-state index is 5.71. The number of rotatable bonds is 8. The topological polar surface area (TPSA) is 3.24 Å². The minimum absolute atomic E-state index is 0.658. The molecular formula is C12H26ClN. The summed E-state index contributed by atoms with van der Waals surface area (Å²) in [6.07, 6.45) is 3.77. The van der Waals surface area contributed by atoms with Crippen molar-refractivity contribution in [3.63, 3.8) is 0 Å². The molecule has 0 aliphatic heterocycles. The van der Waals surface area contributed by atoms with E-state index < -0.39 is 0 Å². The molecule has 0 saturated heterocycles. The van der Waals surface area contributed by atoms with Crippen molar-refractivity contribution in [3.8, 4) is 0 Å². The van der Waals surface area contributed by atoms with Gasteiger partial charge >= 0.3 is 0 Å². The van der Waals surface area contributed by atoms with Crippen LogP contribution in [-0.2, 0) is 0 Å². The van der Waals surface area contributed by atoms with Gasteiger partial charge in [-0.15, -0.1) is 11.6 Å². The molecule has 14 heavy (non-hydrogen) atoms. The van der Waals surface area contributed by atoms with Crippen molar-refractivity contribution in [1.82, 2.24) is 4.90 Å². The maximum atomic E-state index is 5.71. The predicted octanol–water partition coefficient (Wildman–Crippen LogP) is 3.76. The van der Waals surface area contributed by atoms with Gasteiger partial charge in [-0.1, -0.05) is 13.8 Å². The molecule has 0 atom stereocenters. The zero-order valence-corrected chi connectivity index (χ0v) is 11.0. The summed E-state index contributed by atoms with van der Waals surface area (Å²) < 4.78 is 0. The van der Waals surface area contributed by atoms with Crippen LogP contribution in [0.1, 0.15) is 47.0 Å². The van der Waals surface area contributed by atoms with E-state index in [0.717, 1.165) is 24.8 Å². The summed E-state index contributed by atoms with van der Waals surface area (Å²) in [5, 5.41) is 0. The van der Waals surface area contributed by atoms with E-state index in [1.165, 1.54) is 19.4 Å². The van der Waals surface area contributed by atoms with E-state index in [9.17, 15) is 0 Å². The van der Waals surface area contributed by atoms with Crippen molar-refractivity contribution in [1.29, 1.82) is 0 Å². The summed E-state index contributed by atoms with van der Waals surface area (Å²) in [5.74, 6) is 1.62. The molecule has 0 amide bonds. The Morgan fingerprint density at radius 2 is 1.57 bits per heavy atom. The van der Waals surface area contributed by atoms with E-state index in [1.54, 1.807) is 0 Å². The van der Waals surface area contributed by atoms with Crippen LogP contribution in [0.4, 0.5) is 0 Å². The number of halogens is 1. The first-order valence-corrected chi connectivity index (χ1v) is 6.41. The average molecular weight is 220 g/mol. The Morgan fingerprint density at radius 3 is 2.00 bits per heavy atom. The monoisotopic (exact) mass is 219 g/mol. The lowest BCUT2D eigenvalue weighted by molar-refractivity contribution is 0.215. The van der Waals surface area contributed by atoms with Crippen LogP contribution in [0, 0.1) is 5.92 Å². The van der Waals surface area contributed by atoms with Gasteiger partial charge in [-0.3, -0.25) is 0 Å². The molecule has 1 nitrogen and oxygen atoms in total. The number of alkyl halides is 1. The molecule has 0 aromatic rings. The van der Waals surface area contributed by atoms with Crippen molar-refractivity contribution >= 4 is 11.6 Å². The summed E-state index contributed by atoms with van der Waals surface area (Å²) in [5.41, 5.74) is 0. The lowest BCUT2D eigenvalue weighted by atomic mass is 10.1. The molecule has 0 radical (unpaired) electrons. The molecular weight excluding hydrogens is 194 g/mol. The second kappa shape index (κ2) is 8.55. The van der Waals surface area contributed by atoms with Crippen LogP contribution in [0.5, 0.6) is 0 Å². The van der Waals surface area contributed by atoms with Crippen LogP contribution in [0.2, 0.25) is 0 Å². The molecule has 2 heteroatoms. The molecule has 0 bridgehead atoms. The Kier molecular flexibility index (Phi) is 8.70. The zero-order valence-electron chi connectivity index (χ0n) is 10.2. The van der Waals surface area contributed by atoms with Crippen molar-refractivity contribution in [3.05, 3.63) is 0 Å². The third kappa shape index (κ3) is 7.64. The molecule has 0 N–H and O–H groups in total. The Morgan fingerprint density at radius 1 is 1.00 bits per heavy atom. The summed E-state index contributed by atoms with van der Waals surface area (Å²) >= 11 is 5.71. The minimum atomic E-state index is 0.658. The average Bonchev–Trinajstić information content (AvgIpc) is 2.09. The van der Waals surface area contributed by atoms with Gasteiger partial charge in [0.2, 0.25) is 0 Å². The largest absolute Gasteiger partial charge is 0.301 e. The molecule has 0 aliphatic rings. The van der Waals surface area contributed by atoms with Crippen LogP contribution < -0.4 is 0 Å². The summed E-state index contributed by atoms with van der Waals surface area (Å²) in [7, 11) is 0. The van der Waals surface area contributed by atoms with Gasteiger partial charge < -0.3 is 4.90 Å². The van der Waals surface area contributed by atoms with Gasteiger partial charge in [0.05, 0.1) is 0 Å². The smallest absolute Gasteiger partial charge is 0.0235 e. The SMILES string of the molecule is CC(C)CCCN(CCCCl)C(C)C. The highest BCUT2D eigenvalue weighted by atomic mass is 35.5. The second-order valence-corrected chi connectivity index (χ2v) is 5.09. The van der Waals surface area contributed by atoms with E-state index >= 15 is 0 Å². The molecule has 0 aromatic heterocycles. The van der Waals surface area contributed by atoms with E-state index in [-0.39, 0.29) is 0 Å². The third-order valence-electron chi connectivity index (χ3n) is 2.54. The standard InChI is InChI=1S/C12H26ClN/c1-11(2)7-5-9-14(12(3)4)10-6-8-13/h11-12H,5-10H2,1-4H3. The van der Waals surface area contributed by atoms with Gasteiger partial charge in [-0.25, -0.2) is 0 Å². The highest BCUT2D eigenvalue weighted by Gasteiger charge is 2.08. The Labute approximate surface area is 94.8 Å². The van der Waals surface area contributed by atoms with Gasteiger partial charge in [-0.05, 0) is 52.1 Å². The van der Waals surface area contributed by atoms with Crippen LogP contribution in [0.15, 0.2) is 0 Å². The third-order valence-corrected chi connectivity index (χ3v) is 2.80. The summed E-state index contributed by atoms with van der Waals surface area (Å²) in [6, 6.07) is 0.658. The van der Waals surface area contributed by atoms with Gasteiger partial charge in [0.1, 0.15) is 0 Å². The van der Waals surface area contributed by atoms with E-state index in [1.807, 2.05) is 0 Å². The molecule has 0 spiro atoms. The highest BCUT2D eigenvalue weighted by Crippen LogP contribution is 2.07. The molecule has 0 saturated carbocycles. The van der Waals surface area contributed by atoms with Crippen molar-refractivity contribution < 1.29 is 0 Å². The van der Waals surface area contributed by atoms with Crippen molar-refractivity contribution in [2.75, 3.05) is 19.0 Å². The quantitative estimate of drug-likeness (QED) is 0.562. The molecule has 0 aromatic carbocycles. The van der Waals surface area contributed by atoms with Gasteiger partial charge in [0.25, 0.3) is 0 Å². The molecule has 0 aliphatic carbocycles. The first-order valence-electron chi connectivity index (χ1n) is 5.88. The fourth-order valence-corrected chi connectivity index (χ4v) is 1.71. The highest BCUT2D eigenvalue weighted by molar-refractivity contribution is 6.17. The van der Waals surface area contributed by atoms with Crippen molar-refractivity contribution in [2.45, 2.75) is 53.0 Å². The molecule has 0 heterocycles. The Hall–Kier alpha value is 0.250. The molecule has 0 unspecified atom stereocenters. The van der Waals surface area contributed by atoms with E-state index in [4.69, 9.17) is 11.6 Å². The fourth-order valence-electron chi connectivity index (χ4n) is 1.59. The molecule has 0 rings (SSSR count). The number of nitrogens with zero attached hydrogens (tertiary/aromatic N) is 1. The fraction of sp³-hybridized carbons (Fsp3) is 1.00. The summed E-state index contributed by atoms with van der Waals surface area (Å²) in [6.45, 7) is 11.5. The van der Waals surface area contributed by atoms with Gasteiger partial charge in [-0.2, -0.15) is 0 Å². The van der Waals surface area contributed by atoms with E-state index in [0.29, 0.717) is 6.04 Å². The Bertz CT molecular complexity index is 123. The second-order valence-electron chi connectivity index (χ2n) is 4.71. The normalized spacial score (nSPS) is 12.0. The number of hydrogen-bond acceptors (Lipinski definition) is 1. The maximum Gasteiger partial charge on any atom is 0.0235 e. The minimum Gasteiger partial charge on any atom is -0.301 e. The van der Waals surface area contributed by atoms with Crippen LogP contribution in [0.25, 0.3) is 0 Å². The zero-order chi connectivity index (χ0) is 11.0. The molecule has 0 fully saturated rings. The number of hydrogen-bond donors (Lipinski definition) is 0. The van der Waals surface area contributed by atoms with Gasteiger partial charge in [0.15, 0.2) is 0 Å². The summed E-state index contributed by atoms with van der Waals surface area (Å²) in [4.78, 5) is 2.53. The lowest BCUT2D eigenvalue weighted by Gasteiger charge is -2.26. The lowest BCUT2D eigenvalue weighted by Crippen LogP contribution is -2.33. The van der Waals surface area contributed by atoms with E-state index in [2.05, 4.69) is 32.6 Å².